The molecule has 0 N–H and O–H groups in total. The van der Waals surface area contributed by atoms with E-state index in [0.717, 1.165) is 30.9 Å². The lowest BCUT2D eigenvalue weighted by atomic mass is 10.2. The van der Waals surface area contributed by atoms with Crippen LogP contribution in [0.1, 0.15) is 33.6 Å². The van der Waals surface area contributed by atoms with E-state index < -0.39 is 5.60 Å². The Labute approximate surface area is 109 Å². The van der Waals surface area contributed by atoms with Gasteiger partial charge in [-0.15, -0.1) is 6.58 Å². The average Bonchev–Trinajstić information content (AvgIpc) is 2.64. The molecule has 0 aliphatic carbocycles. The number of ether oxygens (including phenoxy) is 1. The lowest BCUT2D eigenvalue weighted by molar-refractivity contribution is 0.0242. The second-order valence-corrected chi connectivity index (χ2v) is 6.37. The summed E-state index contributed by atoms with van der Waals surface area (Å²) in [5, 5.41) is 0. The van der Waals surface area contributed by atoms with Gasteiger partial charge in [0.25, 0.3) is 0 Å². The molecule has 1 atom stereocenters. The zero-order chi connectivity index (χ0) is 12.9. The van der Waals surface area contributed by atoms with E-state index in [4.69, 9.17) is 4.74 Å². The standard InChI is InChI=1S/C13H23NO2S/c1-5-9-17-10-11-7-6-8-14(11)12(15)16-13(2,3)4/h5,11H,1,6-10H2,2-4H3/t11-/m1/s1. The van der Waals surface area contributed by atoms with Crippen LogP contribution >= 0.6 is 11.8 Å². The zero-order valence-corrected chi connectivity index (χ0v) is 11.9. The molecule has 0 aromatic carbocycles. The minimum absolute atomic E-state index is 0.167. The van der Waals surface area contributed by atoms with Crippen molar-refractivity contribution in [1.82, 2.24) is 4.90 Å². The van der Waals surface area contributed by atoms with Crippen LogP contribution in [0, 0.1) is 0 Å². The third kappa shape index (κ3) is 5.02. The molecule has 1 aliphatic heterocycles. The summed E-state index contributed by atoms with van der Waals surface area (Å²) < 4.78 is 5.42. The third-order valence-corrected chi connectivity index (χ3v) is 3.64. The molecule has 98 valence electrons. The molecule has 1 aliphatic rings. The Hall–Kier alpha value is -0.640. The second-order valence-electron chi connectivity index (χ2n) is 5.30. The predicted octanol–water partition coefficient (Wildman–Crippen LogP) is 3.31. The summed E-state index contributed by atoms with van der Waals surface area (Å²) in [4.78, 5) is 13.9. The topological polar surface area (TPSA) is 29.5 Å². The number of thioether (sulfide) groups is 1. The number of hydrogen-bond donors (Lipinski definition) is 0. The van der Waals surface area contributed by atoms with E-state index >= 15 is 0 Å². The van der Waals surface area contributed by atoms with Crippen LogP contribution in [0.5, 0.6) is 0 Å². The lowest BCUT2D eigenvalue weighted by Gasteiger charge is -2.28. The highest BCUT2D eigenvalue weighted by molar-refractivity contribution is 7.99. The smallest absolute Gasteiger partial charge is 0.410 e. The van der Waals surface area contributed by atoms with Gasteiger partial charge in [-0.25, -0.2) is 4.79 Å². The van der Waals surface area contributed by atoms with Crippen molar-refractivity contribution in [1.29, 1.82) is 0 Å². The highest BCUT2D eigenvalue weighted by Crippen LogP contribution is 2.23. The third-order valence-electron chi connectivity index (χ3n) is 2.55. The van der Waals surface area contributed by atoms with Crippen LogP contribution in [-0.4, -0.2) is 40.7 Å². The van der Waals surface area contributed by atoms with Gasteiger partial charge < -0.3 is 9.64 Å². The van der Waals surface area contributed by atoms with Crippen LogP contribution in [0.4, 0.5) is 4.79 Å². The van der Waals surface area contributed by atoms with Crippen molar-refractivity contribution in [3.8, 4) is 0 Å². The number of likely N-dealkylation sites (tertiary alicyclic amines) is 1. The van der Waals surface area contributed by atoms with Crippen LogP contribution in [0.15, 0.2) is 12.7 Å². The van der Waals surface area contributed by atoms with Crippen molar-refractivity contribution < 1.29 is 9.53 Å². The quantitative estimate of drug-likeness (QED) is 0.571. The molecular formula is C13H23NO2S. The minimum Gasteiger partial charge on any atom is -0.444 e. The molecule has 1 amide bonds. The molecule has 1 fully saturated rings. The van der Waals surface area contributed by atoms with Gasteiger partial charge >= 0.3 is 6.09 Å². The first-order valence-corrected chi connectivity index (χ1v) is 7.28. The summed E-state index contributed by atoms with van der Waals surface area (Å²) in [5.41, 5.74) is -0.404. The number of carbonyl (C=O) groups is 1. The van der Waals surface area contributed by atoms with Crippen LogP contribution in [0.25, 0.3) is 0 Å². The molecule has 0 aromatic heterocycles. The molecule has 4 heteroatoms. The van der Waals surface area contributed by atoms with Gasteiger partial charge in [-0.3, -0.25) is 0 Å². The number of hydrogen-bond acceptors (Lipinski definition) is 3. The zero-order valence-electron chi connectivity index (χ0n) is 11.1. The van der Waals surface area contributed by atoms with E-state index in [1.807, 2.05) is 43.5 Å². The van der Waals surface area contributed by atoms with E-state index in [9.17, 15) is 4.79 Å². The van der Waals surface area contributed by atoms with Gasteiger partial charge in [0.05, 0.1) is 0 Å². The second kappa shape index (κ2) is 6.34. The summed E-state index contributed by atoms with van der Waals surface area (Å²) in [6.07, 6.45) is 3.90. The summed E-state index contributed by atoms with van der Waals surface area (Å²) in [6.45, 7) is 10.2. The Morgan fingerprint density at radius 1 is 1.59 bits per heavy atom. The van der Waals surface area contributed by atoms with Gasteiger partial charge in [0.2, 0.25) is 0 Å². The fourth-order valence-electron chi connectivity index (χ4n) is 1.86. The van der Waals surface area contributed by atoms with Crippen LogP contribution in [0.2, 0.25) is 0 Å². The summed E-state index contributed by atoms with van der Waals surface area (Å²) in [5.74, 6) is 1.92. The summed E-state index contributed by atoms with van der Waals surface area (Å²) in [6, 6.07) is 0.329. The number of nitrogens with zero attached hydrogens (tertiary/aromatic N) is 1. The van der Waals surface area contributed by atoms with Crippen molar-refractivity contribution in [3.63, 3.8) is 0 Å². The Bertz CT molecular complexity index is 273. The molecule has 1 rings (SSSR count). The molecule has 17 heavy (non-hydrogen) atoms. The Morgan fingerprint density at radius 2 is 2.29 bits per heavy atom. The van der Waals surface area contributed by atoms with Crippen LogP contribution in [0.3, 0.4) is 0 Å². The number of amides is 1. The monoisotopic (exact) mass is 257 g/mol. The molecule has 0 radical (unpaired) electrons. The number of rotatable bonds is 4. The minimum atomic E-state index is -0.404. The summed E-state index contributed by atoms with van der Waals surface area (Å²) >= 11 is 1.82. The normalized spacial score (nSPS) is 20.4. The van der Waals surface area contributed by atoms with E-state index in [0.29, 0.717) is 6.04 Å². The lowest BCUT2D eigenvalue weighted by Crippen LogP contribution is -2.40. The highest BCUT2D eigenvalue weighted by Gasteiger charge is 2.31. The largest absolute Gasteiger partial charge is 0.444 e. The van der Waals surface area contributed by atoms with E-state index in [2.05, 4.69) is 6.58 Å². The SMILES string of the molecule is C=CCSC[C@H]1CCCN1C(=O)OC(C)(C)C. The van der Waals surface area contributed by atoms with Gasteiger partial charge in [-0.2, -0.15) is 11.8 Å². The predicted molar refractivity (Wildman–Crippen MR) is 73.5 cm³/mol. The molecule has 1 saturated heterocycles. The molecule has 0 saturated carbocycles. The molecule has 0 bridgehead atoms. The Kier molecular flexibility index (Phi) is 5.37. The van der Waals surface area contributed by atoms with Gasteiger partial charge in [0.1, 0.15) is 5.60 Å². The maximum Gasteiger partial charge on any atom is 0.410 e. The highest BCUT2D eigenvalue weighted by atomic mass is 32.2. The molecule has 1 heterocycles. The first-order chi connectivity index (χ1) is 7.94. The van der Waals surface area contributed by atoms with Crippen molar-refractivity contribution in [2.45, 2.75) is 45.3 Å². The van der Waals surface area contributed by atoms with Crippen molar-refractivity contribution in [3.05, 3.63) is 12.7 Å². The molecule has 0 spiro atoms. The van der Waals surface area contributed by atoms with Gasteiger partial charge in [0, 0.05) is 24.1 Å². The van der Waals surface area contributed by atoms with Crippen molar-refractivity contribution >= 4 is 17.9 Å². The fourth-order valence-corrected chi connectivity index (χ4v) is 2.78. The first-order valence-electron chi connectivity index (χ1n) is 6.12. The molecule has 0 unspecified atom stereocenters. The molecule has 3 nitrogen and oxygen atoms in total. The van der Waals surface area contributed by atoms with Crippen LogP contribution < -0.4 is 0 Å². The Morgan fingerprint density at radius 3 is 2.88 bits per heavy atom. The van der Waals surface area contributed by atoms with Gasteiger partial charge in [-0.05, 0) is 33.6 Å². The number of carbonyl (C=O) groups excluding carboxylic acids is 1. The fraction of sp³-hybridized carbons (Fsp3) is 0.769. The van der Waals surface area contributed by atoms with Crippen LogP contribution in [-0.2, 0) is 4.74 Å². The van der Waals surface area contributed by atoms with E-state index in [1.54, 1.807) is 0 Å². The van der Waals surface area contributed by atoms with Gasteiger partial charge in [-0.1, -0.05) is 6.08 Å². The maximum atomic E-state index is 12.0. The van der Waals surface area contributed by atoms with Gasteiger partial charge in [0.15, 0.2) is 0 Å². The maximum absolute atomic E-state index is 12.0. The Balaban J connectivity index is 2.45. The average molecular weight is 257 g/mol. The molecular weight excluding hydrogens is 234 g/mol. The first kappa shape index (κ1) is 14.4. The van der Waals surface area contributed by atoms with E-state index in [-0.39, 0.29) is 6.09 Å². The summed E-state index contributed by atoms with van der Waals surface area (Å²) in [7, 11) is 0. The van der Waals surface area contributed by atoms with Crippen molar-refractivity contribution in [2.24, 2.45) is 0 Å². The molecule has 0 aromatic rings. The van der Waals surface area contributed by atoms with E-state index in [1.165, 1.54) is 0 Å². The van der Waals surface area contributed by atoms with Crippen molar-refractivity contribution in [2.75, 3.05) is 18.1 Å².